The number of hydrogen-bond donors (Lipinski definition) is 3. The van der Waals surface area contributed by atoms with Crippen LogP contribution in [0.5, 0.6) is 5.75 Å². The minimum absolute atomic E-state index is 0.146. The van der Waals surface area contributed by atoms with Crippen LogP contribution in [0, 0.1) is 6.92 Å². The smallest absolute Gasteiger partial charge is 0.250 e. The molecule has 160 valence electrons. The van der Waals surface area contributed by atoms with Crippen LogP contribution in [0.25, 0.3) is 0 Å². The summed E-state index contributed by atoms with van der Waals surface area (Å²) in [6.07, 6.45) is 3.28. The number of hydrazone groups is 1. The zero-order valence-electron chi connectivity index (χ0n) is 17.2. The van der Waals surface area contributed by atoms with E-state index in [1.54, 1.807) is 30.3 Å². The van der Waals surface area contributed by atoms with Gasteiger partial charge >= 0.3 is 0 Å². The predicted molar refractivity (Wildman–Crippen MR) is 123 cm³/mol. The van der Waals surface area contributed by atoms with E-state index in [1.165, 1.54) is 23.5 Å². The molecule has 3 N–H and O–H groups in total. The maximum Gasteiger partial charge on any atom is 0.250 e. The molecule has 0 atom stereocenters. The van der Waals surface area contributed by atoms with E-state index < -0.39 is 0 Å². The zero-order valence-corrected chi connectivity index (χ0v) is 18.0. The molecule has 0 saturated heterocycles. The van der Waals surface area contributed by atoms with Crippen molar-refractivity contribution in [2.24, 2.45) is 5.10 Å². The highest BCUT2D eigenvalue weighted by Gasteiger charge is 2.13. The van der Waals surface area contributed by atoms with Gasteiger partial charge in [0.1, 0.15) is 5.75 Å². The number of anilines is 1. The lowest BCUT2D eigenvalue weighted by Gasteiger charge is -2.09. The Morgan fingerprint density at radius 2 is 1.94 bits per heavy atom. The van der Waals surface area contributed by atoms with Gasteiger partial charge in [0.2, 0.25) is 0 Å². The standard InChI is InChI=1S/C22H24N6O2S/c1-3-12-28-20(14-23-18-8-4-16(2)5-9-18)25-27-22(28)31-15-21(30)26-24-13-17-6-10-19(29)11-7-17/h3-11,13,23,29H,1,12,14-15H2,2H3,(H,26,30). The monoisotopic (exact) mass is 436 g/mol. The van der Waals surface area contributed by atoms with Crippen LogP contribution in [0.15, 0.2) is 71.4 Å². The summed E-state index contributed by atoms with van der Waals surface area (Å²) in [7, 11) is 0. The minimum atomic E-state index is -0.257. The van der Waals surface area contributed by atoms with Crippen molar-refractivity contribution in [1.29, 1.82) is 0 Å². The number of nitrogens with zero attached hydrogens (tertiary/aromatic N) is 4. The average molecular weight is 437 g/mol. The van der Waals surface area contributed by atoms with Crippen LogP contribution >= 0.6 is 11.8 Å². The number of carbonyl (C=O) groups excluding carboxylic acids is 1. The van der Waals surface area contributed by atoms with E-state index in [2.05, 4.69) is 32.6 Å². The molecular weight excluding hydrogens is 412 g/mol. The van der Waals surface area contributed by atoms with Crippen LogP contribution in [-0.4, -0.2) is 37.7 Å². The molecule has 0 spiro atoms. The molecular formula is C22H24N6O2S. The molecule has 0 fully saturated rings. The Bertz CT molecular complexity index is 1040. The molecule has 8 nitrogen and oxygen atoms in total. The summed E-state index contributed by atoms with van der Waals surface area (Å²) in [5.74, 6) is 0.823. The van der Waals surface area contributed by atoms with Gasteiger partial charge in [-0.2, -0.15) is 5.10 Å². The van der Waals surface area contributed by atoms with Crippen LogP contribution < -0.4 is 10.7 Å². The molecule has 0 radical (unpaired) electrons. The molecule has 1 heterocycles. The van der Waals surface area contributed by atoms with Gasteiger partial charge in [-0.25, -0.2) is 5.43 Å². The Balaban J connectivity index is 1.54. The lowest BCUT2D eigenvalue weighted by atomic mass is 10.2. The lowest BCUT2D eigenvalue weighted by molar-refractivity contribution is -0.118. The van der Waals surface area contributed by atoms with Crippen LogP contribution in [0.4, 0.5) is 5.69 Å². The van der Waals surface area contributed by atoms with Crippen molar-refractivity contribution in [3.05, 3.63) is 78.1 Å². The lowest BCUT2D eigenvalue weighted by Crippen LogP contribution is -2.20. The molecule has 0 unspecified atom stereocenters. The minimum Gasteiger partial charge on any atom is -0.508 e. The van der Waals surface area contributed by atoms with E-state index in [0.717, 1.165) is 17.1 Å². The van der Waals surface area contributed by atoms with Gasteiger partial charge in [-0.3, -0.25) is 4.79 Å². The number of benzene rings is 2. The van der Waals surface area contributed by atoms with Crippen molar-refractivity contribution in [3.63, 3.8) is 0 Å². The molecule has 0 aliphatic rings. The number of rotatable bonds is 10. The maximum atomic E-state index is 12.1. The summed E-state index contributed by atoms with van der Waals surface area (Å²) in [4.78, 5) is 12.1. The number of thioether (sulfide) groups is 1. The fourth-order valence-electron chi connectivity index (χ4n) is 2.62. The van der Waals surface area contributed by atoms with Crippen LogP contribution in [0.3, 0.4) is 0 Å². The average Bonchev–Trinajstić information content (AvgIpc) is 3.15. The number of aryl methyl sites for hydroxylation is 1. The summed E-state index contributed by atoms with van der Waals surface area (Å²) in [5.41, 5.74) is 5.45. The highest BCUT2D eigenvalue weighted by atomic mass is 32.2. The molecule has 9 heteroatoms. The summed E-state index contributed by atoms with van der Waals surface area (Å²) in [6.45, 7) is 6.89. The predicted octanol–water partition coefficient (Wildman–Crippen LogP) is 3.33. The second kappa shape index (κ2) is 11.0. The van der Waals surface area contributed by atoms with Crippen molar-refractivity contribution in [3.8, 4) is 5.75 Å². The van der Waals surface area contributed by atoms with Crippen molar-refractivity contribution in [2.45, 2.75) is 25.2 Å². The maximum absolute atomic E-state index is 12.1. The summed E-state index contributed by atoms with van der Waals surface area (Å²) in [6, 6.07) is 14.6. The van der Waals surface area contributed by atoms with Crippen molar-refractivity contribution in [2.75, 3.05) is 11.1 Å². The van der Waals surface area contributed by atoms with Gasteiger partial charge in [0.15, 0.2) is 11.0 Å². The van der Waals surface area contributed by atoms with E-state index >= 15 is 0 Å². The molecule has 0 bridgehead atoms. The third kappa shape index (κ3) is 6.71. The number of nitrogens with one attached hydrogen (secondary N) is 2. The third-order valence-electron chi connectivity index (χ3n) is 4.24. The molecule has 31 heavy (non-hydrogen) atoms. The third-order valence-corrected chi connectivity index (χ3v) is 5.20. The first-order chi connectivity index (χ1) is 15.0. The Morgan fingerprint density at radius 3 is 2.65 bits per heavy atom. The van der Waals surface area contributed by atoms with Crippen molar-refractivity contribution in [1.82, 2.24) is 20.2 Å². The van der Waals surface area contributed by atoms with Crippen molar-refractivity contribution >= 4 is 29.6 Å². The van der Waals surface area contributed by atoms with Gasteiger partial charge in [0.25, 0.3) is 5.91 Å². The summed E-state index contributed by atoms with van der Waals surface area (Å²) >= 11 is 1.28. The molecule has 2 aromatic carbocycles. The van der Waals surface area contributed by atoms with Crippen molar-refractivity contribution < 1.29 is 9.90 Å². The largest absolute Gasteiger partial charge is 0.508 e. The Kier molecular flexibility index (Phi) is 7.83. The fourth-order valence-corrected chi connectivity index (χ4v) is 3.38. The first-order valence-corrected chi connectivity index (χ1v) is 10.6. The molecule has 3 aromatic rings. The van der Waals surface area contributed by atoms with E-state index in [0.29, 0.717) is 18.2 Å². The highest BCUT2D eigenvalue weighted by Crippen LogP contribution is 2.18. The Hall–Kier alpha value is -3.59. The van der Waals surface area contributed by atoms with Gasteiger partial charge < -0.3 is 15.0 Å². The number of carbonyl (C=O) groups is 1. The molecule has 0 saturated carbocycles. The molecule has 1 aromatic heterocycles. The van der Waals surface area contributed by atoms with Gasteiger partial charge in [-0.05, 0) is 48.9 Å². The van der Waals surface area contributed by atoms with Gasteiger partial charge in [0, 0.05) is 12.2 Å². The van der Waals surface area contributed by atoms with Gasteiger partial charge in [-0.15, -0.1) is 16.8 Å². The van der Waals surface area contributed by atoms with E-state index in [1.807, 2.05) is 35.8 Å². The SMILES string of the molecule is C=CCn1c(CNc2ccc(C)cc2)nnc1SCC(=O)NN=Cc1ccc(O)cc1. The first-order valence-electron chi connectivity index (χ1n) is 9.62. The van der Waals surface area contributed by atoms with E-state index in [4.69, 9.17) is 0 Å². The molecule has 0 aliphatic heterocycles. The van der Waals surface area contributed by atoms with Crippen LogP contribution in [-0.2, 0) is 17.9 Å². The van der Waals surface area contributed by atoms with Crippen LogP contribution in [0.2, 0.25) is 0 Å². The number of phenols is 1. The van der Waals surface area contributed by atoms with Gasteiger partial charge in [-0.1, -0.05) is 35.5 Å². The first kappa shape index (κ1) is 22.1. The normalized spacial score (nSPS) is 10.9. The number of aromatic nitrogens is 3. The van der Waals surface area contributed by atoms with E-state index in [9.17, 15) is 9.90 Å². The Morgan fingerprint density at radius 1 is 1.19 bits per heavy atom. The summed E-state index contributed by atoms with van der Waals surface area (Å²) < 4.78 is 1.92. The number of aromatic hydroxyl groups is 1. The number of phenolic OH excluding ortho intramolecular Hbond substituents is 1. The highest BCUT2D eigenvalue weighted by molar-refractivity contribution is 7.99. The van der Waals surface area contributed by atoms with E-state index in [-0.39, 0.29) is 17.4 Å². The zero-order chi connectivity index (χ0) is 22.1. The fraction of sp³-hybridized carbons (Fsp3) is 0.182. The quantitative estimate of drug-likeness (QED) is 0.195. The topological polar surface area (TPSA) is 104 Å². The Labute approximate surface area is 185 Å². The number of hydrogen-bond acceptors (Lipinski definition) is 7. The number of allylic oxidation sites excluding steroid dienone is 1. The van der Waals surface area contributed by atoms with Gasteiger partial charge in [0.05, 0.1) is 18.5 Å². The van der Waals surface area contributed by atoms with Crippen LogP contribution in [0.1, 0.15) is 17.0 Å². The summed E-state index contributed by atoms with van der Waals surface area (Å²) in [5, 5.41) is 25.6. The molecule has 3 rings (SSSR count). The second-order valence-corrected chi connectivity index (χ2v) is 7.63. The molecule has 0 aliphatic carbocycles. The second-order valence-electron chi connectivity index (χ2n) is 6.69. The number of amides is 1. The molecule has 1 amide bonds.